The Labute approximate surface area is 88.5 Å². The molecule has 15 heavy (non-hydrogen) atoms. The SMILES string of the molecule is COc1c(Cl)ccc([N+](=O)[O-])c1[N+](=O)[O-]. The summed E-state index contributed by atoms with van der Waals surface area (Å²) in [4.78, 5) is 19.4. The lowest BCUT2D eigenvalue weighted by Gasteiger charge is -2.03. The van der Waals surface area contributed by atoms with Crippen LogP contribution in [0.4, 0.5) is 11.4 Å². The lowest BCUT2D eigenvalue weighted by atomic mass is 10.2. The van der Waals surface area contributed by atoms with Crippen molar-refractivity contribution in [3.63, 3.8) is 0 Å². The van der Waals surface area contributed by atoms with Gasteiger partial charge in [-0.15, -0.1) is 0 Å². The first kappa shape index (κ1) is 11.2. The lowest BCUT2D eigenvalue weighted by molar-refractivity contribution is -0.423. The van der Waals surface area contributed by atoms with Crippen molar-refractivity contribution in [1.82, 2.24) is 0 Å². The van der Waals surface area contributed by atoms with E-state index in [1.807, 2.05) is 0 Å². The standard InChI is InChI=1S/C7H5ClN2O5/c1-15-7-4(8)2-3-5(9(11)12)6(7)10(13)14/h2-3H,1H3. The van der Waals surface area contributed by atoms with Gasteiger partial charge in [0.1, 0.15) is 0 Å². The highest BCUT2D eigenvalue weighted by Crippen LogP contribution is 2.41. The van der Waals surface area contributed by atoms with Gasteiger partial charge in [-0.05, 0) is 6.07 Å². The summed E-state index contributed by atoms with van der Waals surface area (Å²) in [7, 11) is 1.15. The van der Waals surface area contributed by atoms with Crippen LogP contribution in [0.5, 0.6) is 5.75 Å². The van der Waals surface area contributed by atoms with Gasteiger partial charge in [-0.2, -0.15) is 0 Å². The molecule has 0 spiro atoms. The summed E-state index contributed by atoms with van der Waals surface area (Å²) in [5.41, 5.74) is -1.39. The van der Waals surface area contributed by atoms with Gasteiger partial charge in [-0.25, -0.2) is 0 Å². The fraction of sp³-hybridized carbons (Fsp3) is 0.143. The first-order chi connectivity index (χ1) is 6.99. The Balaban J connectivity index is 3.56. The Morgan fingerprint density at radius 2 is 1.87 bits per heavy atom. The zero-order chi connectivity index (χ0) is 11.6. The molecule has 0 atom stereocenters. The summed E-state index contributed by atoms with van der Waals surface area (Å²) in [5.74, 6) is -0.309. The summed E-state index contributed by atoms with van der Waals surface area (Å²) in [6, 6.07) is 2.13. The van der Waals surface area contributed by atoms with Crippen LogP contribution in [0.2, 0.25) is 5.02 Å². The van der Waals surface area contributed by atoms with E-state index >= 15 is 0 Å². The number of rotatable bonds is 3. The van der Waals surface area contributed by atoms with E-state index in [2.05, 4.69) is 4.74 Å². The number of hydrogen-bond acceptors (Lipinski definition) is 5. The smallest absolute Gasteiger partial charge is 0.388 e. The van der Waals surface area contributed by atoms with E-state index in [1.165, 1.54) is 6.07 Å². The van der Waals surface area contributed by atoms with Gasteiger partial charge in [0.2, 0.25) is 5.75 Å². The molecule has 7 nitrogen and oxygen atoms in total. The number of nitro benzene ring substituents is 2. The summed E-state index contributed by atoms with van der Waals surface area (Å²) < 4.78 is 4.65. The second kappa shape index (κ2) is 4.09. The maximum absolute atomic E-state index is 10.6. The minimum atomic E-state index is -0.900. The molecule has 0 aliphatic carbocycles. The number of methoxy groups -OCH3 is 1. The van der Waals surface area contributed by atoms with Crippen molar-refractivity contribution in [3.05, 3.63) is 37.4 Å². The monoisotopic (exact) mass is 232 g/mol. The minimum absolute atomic E-state index is 0.0465. The molecule has 1 rings (SSSR count). The van der Waals surface area contributed by atoms with Crippen LogP contribution in [0.15, 0.2) is 12.1 Å². The molecule has 0 unspecified atom stereocenters. The van der Waals surface area contributed by atoms with Crippen LogP contribution in [0, 0.1) is 20.2 Å². The van der Waals surface area contributed by atoms with E-state index in [0.29, 0.717) is 0 Å². The van der Waals surface area contributed by atoms with Crippen LogP contribution in [0.1, 0.15) is 0 Å². The van der Waals surface area contributed by atoms with Crippen LogP contribution in [0.25, 0.3) is 0 Å². The van der Waals surface area contributed by atoms with Gasteiger partial charge in [0.05, 0.1) is 22.0 Å². The Kier molecular flexibility index (Phi) is 3.05. The highest BCUT2D eigenvalue weighted by atomic mass is 35.5. The minimum Gasteiger partial charge on any atom is -0.489 e. The van der Waals surface area contributed by atoms with E-state index in [4.69, 9.17) is 11.6 Å². The normalized spacial score (nSPS) is 9.73. The molecular weight excluding hydrogens is 228 g/mol. The Hall–Kier alpha value is -1.89. The first-order valence-corrected chi connectivity index (χ1v) is 4.02. The molecule has 1 aromatic rings. The average molecular weight is 233 g/mol. The highest BCUT2D eigenvalue weighted by molar-refractivity contribution is 6.32. The molecule has 0 aromatic heterocycles. The zero-order valence-electron chi connectivity index (χ0n) is 7.47. The fourth-order valence-corrected chi connectivity index (χ4v) is 1.28. The van der Waals surface area contributed by atoms with Crippen molar-refractivity contribution in [1.29, 1.82) is 0 Å². The fourth-order valence-electron chi connectivity index (χ4n) is 1.05. The van der Waals surface area contributed by atoms with E-state index < -0.39 is 21.2 Å². The third-order valence-corrected chi connectivity index (χ3v) is 1.94. The summed E-state index contributed by atoms with van der Waals surface area (Å²) in [5, 5.41) is 21.1. The predicted molar refractivity (Wildman–Crippen MR) is 51.3 cm³/mol. The molecule has 0 amide bonds. The Bertz CT molecular complexity index is 434. The number of ether oxygens (including phenoxy) is 1. The molecule has 80 valence electrons. The van der Waals surface area contributed by atoms with Crippen molar-refractivity contribution in [2.24, 2.45) is 0 Å². The Morgan fingerprint density at radius 3 is 2.27 bits per heavy atom. The summed E-state index contributed by atoms with van der Waals surface area (Å²) in [6.07, 6.45) is 0. The lowest BCUT2D eigenvalue weighted by Crippen LogP contribution is -1.99. The molecule has 1 aromatic carbocycles. The molecule has 8 heteroatoms. The van der Waals surface area contributed by atoms with Gasteiger partial charge < -0.3 is 4.74 Å². The van der Waals surface area contributed by atoms with Gasteiger partial charge in [0, 0.05) is 6.07 Å². The topological polar surface area (TPSA) is 95.5 Å². The number of halogens is 1. The predicted octanol–water partition coefficient (Wildman–Crippen LogP) is 2.17. The quantitative estimate of drug-likeness (QED) is 0.588. The van der Waals surface area contributed by atoms with Crippen LogP contribution < -0.4 is 4.74 Å². The van der Waals surface area contributed by atoms with Crippen molar-refractivity contribution >= 4 is 23.0 Å². The van der Waals surface area contributed by atoms with Crippen molar-refractivity contribution < 1.29 is 14.6 Å². The third kappa shape index (κ3) is 1.96. The third-order valence-electron chi connectivity index (χ3n) is 1.65. The molecule has 0 heterocycles. The van der Waals surface area contributed by atoms with Crippen LogP contribution in [-0.2, 0) is 0 Å². The van der Waals surface area contributed by atoms with Crippen LogP contribution in [-0.4, -0.2) is 17.0 Å². The van der Waals surface area contributed by atoms with E-state index in [9.17, 15) is 20.2 Å². The Morgan fingerprint density at radius 1 is 1.27 bits per heavy atom. The van der Waals surface area contributed by atoms with E-state index in [0.717, 1.165) is 13.2 Å². The van der Waals surface area contributed by atoms with Crippen LogP contribution >= 0.6 is 11.6 Å². The van der Waals surface area contributed by atoms with Gasteiger partial charge in [0.15, 0.2) is 0 Å². The molecule has 0 saturated carbocycles. The van der Waals surface area contributed by atoms with Gasteiger partial charge in [-0.3, -0.25) is 20.2 Å². The van der Waals surface area contributed by atoms with Crippen molar-refractivity contribution in [3.8, 4) is 5.75 Å². The number of benzene rings is 1. The molecule has 0 aliphatic heterocycles. The van der Waals surface area contributed by atoms with Gasteiger partial charge in [0.25, 0.3) is 0 Å². The number of nitro groups is 2. The highest BCUT2D eigenvalue weighted by Gasteiger charge is 2.31. The molecule has 0 N–H and O–H groups in total. The average Bonchev–Trinajstić information content (AvgIpc) is 2.16. The molecule has 0 saturated heterocycles. The van der Waals surface area contributed by atoms with Crippen LogP contribution in [0.3, 0.4) is 0 Å². The zero-order valence-corrected chi connectivity index (χ0v) is 8.22. The molecular formula is C7H5ClN2O5. The maximum Gasteiger partial charge on any atom is 0.388 e. The second-order valence-corrected chi connectivity index (χ2v) is 2.87. The second-order valence-electron chi connectivity index (χ2n) is 2.46. The molecule has 0 aliphatic rings. The van der Waals surface area contributed by atoms with Gasteiger partial charge in [-0.1, -0.05) is 11.6 Å². The summed E-state index contributed by atoms with van der Waals surface area (Å²) >= 11 is 5.60. The molecule has 0 radical (unpaired) electrons. The van der Waals surface area contributed by atoms with E-state index in [1.54, 1.807) is 0 Å². The number of nitrogens with zero attached hydrogens (tertiary/aromatic N) is 2. The maximum atomic E-state index is 10.6. The van der Waals surface area contributed by atoms with Crippen molar-refractivity contribution in [2.45, 2.75) is 0 Å². The van der Waals surface area contributed by atoms with Gasteiger partial charge >= 0.3 is 11.4 Å². The number of hydrogen-bond donors (Lipinski definition) is 0. The first-order valence-electron chi connectivity index (χ1n) is 3.64. The van der Waals surface area contributed by atoms with E-state index in [-0.39, 0.29) is 10.8 Å². The largest absolute Gasteiger partial charge is 0.489 e. The van der Waals surface area contributed by atoms with Crippen molar-refractivity contribution in [2.75, 3.05) is 7.11 Å². The molecule has 0 bridgehead atoms. The summed E-state index contributed by atoms with van der Waals surface area (Å²) in [6.45, 7) is 0. The molecule has 0 fully saturated rings.